The number of benzene rings is 1. The molecule has 0 radical (unpaired) electrons. The van der Waals surface area contributed by atoms with Gasteiger partial charge in [0.1, 0.15) is 5.75 Å². The molecule has 2 rings (SSSR count). The van der Waals surface area contributed by atoms with Crippen molar-refractivity contribution in [3.05, 3.63) is 66.8 Å². The van der Waals surface area contributed by atoms with Gasteiger partial charge in [-0.05, 0) is 29.7 Å². The topological polar surface area (TPSA) is 56.7 Å². The zero-order chi connectivity index (χ0) is 15.1. The number of phenolic OH excluding ortho intramolecular Hbond substituents is 1. The quantitative estimate of drug-likeness (QED) is 0.704. The fourth-order valence-corrected chi connectivity index (χ4v) is 2.26. The molecule has 21 heavy (non-hydrogen) atoms. The Morgan fingerprint density at radius 2 is 2.33 bits per heavy atom. The van der Waals surface area contributed by atoms with E-state index in [2.05, 4.69) is 28.8 Å². The third kappa shape index (κ3) is 4.24. The summed E-state index contributed by atoms with van der Waals surface area (Å²) >= 11 is 0. The molecular weight excluding hydrogens is 262 g/mol. The number of guanidine groups is 1. The van der Waals surface area contributed by atoms with Crippen molar-refractivity contribution in [3.8, 4) is 5.75 Å². The molecule has 1 aliphatic heterocycles. The lowest BCUT2D eigenvalue weighted by Gasteiger charge is -2.21. The minimum Gasteiger partial charge on any atom is -0.508 e. The maximum atomic E-state index is 9.69. The van der Waals surface area contributed by atoms with Crippen LogP contribution < -0.4 is 10.6 Å². The number of aromatic hydroxyl groups is 1. The van der Waals surface area contributed by atoms with Crippen LogP contribution in [0.15, 0.2) is 66.2 Å². The molecule has 0 fully saturated rings. The fraction of sp³-hybridized carbons (Fsp3) is 0.235. The summed E-state index contributed by atoms with van der Waals surface area (Å²) in [6.45, 7) is 9.20. The van der Waals surface area contributed by atoms with Gasteiger partial charge in [0.25, 0.3) is 0 Å². The SMILES string of the molecule is C=C/C=C(\C=C)CC(NC1=NCCN1)c1cccc(O)c1. The van der Waals surface area contributed by atoms with Crippen molar-refractivity contribution in [1.82, 2.24) is 10.6 Å². The Labute approximate surface area is 125 Å². The van der Waals surface area contributed by atoms with E-state index in [0.717, 1.165) is 36.6 Å². The van der Waals surface area contributed by atoms with Crippen molar-refractivity contribution in [3.63, 3.8) is 0 Å². The second-order valence-corrected chi connectivity index (χ2v) is 4.83. The predicted molar refractivity (Wildman–Crippen MR) is 87.4 cm³/mol. The number of hydrogen-bond donors (Lipinski definition) is 3. The van der Waals surface area contributed by atoms with E-state index in [1.54, 1.807) is 18.2 Å². The van der Waals surface area contributed by atoms with Crippen LogP contribution in [-0.4, -0.2) is 24.2 Å². The smallest absolute Gasteiger partial charge is 0.191 e. The van der Waals surface area contributed by atoms with Crippen molar-refractivity contribution >= 4 is 5.96 Å². The molecule has 1 heterocycles. The van der Waals surface area contributed by atoms with E-state index in [4.69, 9.17) is 0 Å². The fourth-order valence-electron chi connectivity index (χ4n) is 2.26. The Bertz CT molecular complexity index is 575. The number of phenols is 1. The second-order valence-electron chi connectivity index (χ2n) is 4.83. The first-order valence-electron chi connectivity index (χ1n) is 7.00. The Kier molecular flexibility index (Phi) is 5.21. The largest absolute Gasteiger partial charge is 0.508 e. The van der Waals surface area contributed by atoms with Crippen LogP contribution in [-0.2, 0) is 0 Å². The van der Waals surface area contributed by atoms with Gasteiger partial charge in [0.15, 0.2) is 5.96 Å². The average molecular weight is 283 g/mol. The lowest BCUT2D eigenvalue weighted by molar-refractivity contribution is 0.473. The van der Waals surface area contributed by atoms with E-state index >= 15 is 0 Å². The maximum Gasteiger partial charge on any atom is 0.191 e. The summed E-state index contributed by atoms with van der Waals surface area (Å²) in [5.41, 5.74) is 2.08. The van der Waals surface area contributed by atoms with Crippen LogP contribution in [0.1, 0.15) is 18.0 Å². The van der Waals surface area contributed by atoms with E-state index in [1.165, 1.54) is 0 Å². The molecule has 1 aromatic carbocycles. The van der Waals surface area contributed by atoms with Gasteiger partial charge < -0.3 is 15.7 Å². The number of nitrogens with one attached hydrogen (secondary N) is 2. The molecule has 0 bridgehead atoms. The van der Waals surface area contributed by atoms with Gasteiger partial charge in [-0.1, -0.05) is 43.5 Å². The number of hydrogen-bond acceptors (Lipinski definition) is 4. The third-order valence-electron chi connectivity index (χ3n) is 3.29. The van der Waals surface area contributed by atoms with Crippen LogP contribution >= 0.6 is 0 Å². The van der Waals surface area contributed by atoms with Crippen LogP contribution in [0.25, 0.3) is 0 Å². The highest BCUT2D eigenvalue weighted by Crippen LogP contribution is 2.24. The van der Waals surface area contributed by atoms with E-state index in [1.807, 2.05) is 24.3 Å². The molecule has 1 atom stereocenters. The highest BCUT2D eigenvalue weighted by atomic mass is 16.3. The molecule has 0 aromatic heterocycles. The maximum absolute atomic E-state index is 9.69. The summed E-state index contributed by atoms with van der Waals surface area (Å²) in [7, 11) is 0. The minimum atomic E-state index is 0.00523. The van der Waals surface area contributed by atoms with Gasteiger partial charge in [-0.25, -0.2) is 0 Å². The standard InChI is InChI=1S/C17H21N3O/c1-3-6-13(4-2)11-16(20-17-18-9-10-19-17)14-7-5-8-15(21)12-14/h3-8,12,16,21H,1-2,9-11H2,(H2,18,19,20)/b13-6+. The highest BCUT2D eigenvalue weighted by molar-refractivity contribution is 5.81. The lowest BCUT2D eigenvalue weighted by Crippen LogP contribution is -2.36. The summed E-state index contributed by atoms with van der Waals surface area (Å²) < 4.78 is 0. The monoisotopic (exact) mass is 283 g/mol. The Hall–Kier alpha value is -2.49. The molecule has 0 saturated carbocycles. The predicted octanol–water partition coefficient (Wildman–Crippen LogP) is 2.67. The zero-order valence-electron chi connectivity index (χ0n) is 12.0. The van der Waals surface area contributed by atoms with Crippen LogP contribution in [0, 0.1) is 0 Å². The third-order valence-corrected chi connectivity index (χ3v) is 3.29. The van der Waals surface area contributed by atoms with Crippen molar-refractivity contribution in [2.45, 2.75) is 12.5 Å². The molecule has 0 amide bonds. The first-order chi connectivity index (χ1) is 10.2. The van der Waals surface area contributed by atoms with Gasteiger partial charge in [0.05, 0.1) is 12.6 Å². The molecule has 0 spiro atoms. The molecule has 1 unspecified atom stereocenters. The Balaban J connectivity index is 2.22. The summed E-state index contributed by atoms with van der Waals surface area (Å²) in [6, 6.07) is 7.27. The van der Waals surface area contributed by atoms with Crippen molar-refractivity contribution in [2.24, 2.45) is 4.99 Å². The number of nitrogens with zero attached hydrogens (tertiary/aromatic N) is 1. The lowest BCUT2D eigenvalue weighted by atomic mass is 9.98. The number of rotatable bonds is 6. The summed E-state index contributed by atoms with van der Waals surface area (Å²) in [6.07, 6.45) is 6.25. The van der Waals surface area contributed by atoms with E-state index < -0.39 is 0 Å². The van der Waals surface area contributed by atoms with Crippen LogP contribution in [0.3, 0.4) is 0 Å². The van der Waals surface area contributed by atoms with Crippen molar-refractivity contribution in [2.75, 3.05) is 13.1 Å². The van der Waals surface area contributed by atoms with Crippen molar-refractivity contribution in [1.29, 1.82) is 0 Å². The molecule has 4 heteroatoms. The van der Waals surface area contributed by atoms with Gasteiger partial charge in [-0.3, -0.25) is 4.99 Å². The molecular formula is C17H21N3O. The van der Waals surface area contributed by atoms with Gasteiger partial charge in [-0.15, -0.1) is 0 Å². The molecule has 0 saturated heterocycles. The van der Waals surface area contributed by atoms with Crippen LogP contribution in [0.5, 0.6) is 5.75 Å². The summed E-state index contributed by atoms with van der Waals surface area (Å²) in [5.74, 6) is 1.05. The van der Waals surface area contributed by atoms with Gasteiger partial charge in [0, 0.05) is 6.54 Å². The summed E-state index contributed by atoms with van der Waals surface area (Å²) in [4.78, 5) is 4.37. The number of aliphatic imine (C=N–C) groups is 1. The molecule has 1 aliphatic rings. The average Bonchev–Trinajstić information content (AvgIpc) is 2.99. The Morgan fingerprint density at radius 1 is 1.48 bits per heavy atom. The van der Waals surface area contributed by atoms with E-state index in [9.17, 15) is 5.11 Å². The molecule has 110 valence electrons. The van der Waals surface area contributed by atoms with Gasteiger partial charge in [0.2, 0.25) is 0 Å². The first kappa shape index (κ1) is 14.9. The molecule has 1 aromatic rings. The Morgan fingerprint density at radius 3 is 2.95 bits per heavy atom. The summed E-state index contributed by atoms with van der Waals surface area (Å²) in [5, 5.41) is 16.3. The normalized spacial score (nSPS) is 15.8. The first-order valence-corrected chi connectivity index (χ1v) is 7.00. The van der Waals surface area contributed by atoms with E-state index in [-0.39, 0.29) is 11.8 Å². The molecule has 0 aliphatic carbocycles. The minimum absolute atomic E-state index is 0.00523. The number of allylic oxidation sites excluding steroid dienone is 3. The molecule has 4 nitrogen and oxygen atoms in total. The van der Waals surface area contributed by atoms with Gasteiger partial charge >= 0.3 is 0 Å². The van der Waals surface area contributed by atoms with Crippen LogP contribution in [0.4, 0.5) is 0 Å². The molecule has 3 N–H and O–H groups in total. The van der Waals surface area contributed by atoms with Gasteiger partial charge in [-0.2, -0.15) is 0 Å². The highest BCUT2D eigenvalue weighted by Gasteiger charge is 2.16. The van der Waals surface area contributed by atoms with Crippen molar-refractivity contribution < 1.29 is 5.11 Å². The second kappa shape index (κ2) is 7.33. The van der Waals surface area contributed by atoms with Crippen LogP contribution in [0.2, 0.25) is 0 Å². The zero-order valence-corrected chi connectivity index (χ0v) is 12.0. The van der Waals surface area contributed by atoms with E-state index in [0.29, 0.717) is 0 Å².